The van der Waals surface area contributed by atoms with Gasteiger partial charge >= 0.3 is 0 Å². The van der Waals surface area contributed by atoms with Crippen molar-refractivity contribution < 1.29 is 8.42 Å². The predicted molar refractivity (Wildman–Crippen MR) is 79.0 cm³/mol. The van der Waals surface area contributed by atoms with E-state index in [4.69, 9.17) is 0 Å². The second-order valence-electron chi connectivity index (χ2n) is 5.36. The minimum Gasteiger partial charge on any atom is -0.309 e. The molecule has 0 amide bonds. The van der Waals surface area contributed by atoms with E-state index in [0.29, 0.717) is 31.0 Å². The van der Waals surface area contributed by atoms with Crippen LogP contribution in [0.3, 0.4) is 0 Å². The summed E-state index contributed by atoms with van der Waals surface area (Å²) in [6.07, 6.45) is 0. The van der Waals surface area contributed by atoms with E-state index in [0.717, 1.165) is 0 Å². The maximum absolute atomic E-state index is 12.3. The zero-order valence-electron chi connectivity index (χ0n) is 12.8. The Bertz CT molecular complexity index is 522. The van der Waals surface area contributed by atoms with Crippen LogP contribution in [-0.4, -0.2) is 56.7 Å². The molecule has 20 heavy (non-hydrogen) atoms. The Morgan fingerprint density at radius 1 is 1.35 bits per heavy atom. The average molecular weight is 303 g/mol. The highest BCUT2D eigenvalue weighted by Crippen LogP contribution is 2.17. The van der Waals surface area contributed by atoms with Gasteiger partial charge in [0.1, 0.15) is 4.90 Å². The second kappa shape index (κ2) is 7.16. The Kier molecular flexibility index (Phi) is 6.12. The normalized spacial score (nSPS) is 12.6. The number of aromatic nitrogens is 2. The third kappa shape index (κ3) is 4.86. The molecule has 0 aliphatic carbocycles. The molecule has 0 bridgehead atoms. The molecule has 0 aliphatic heterocycles. The van der Waals surface area contributed by atoms with Crippen molar-refractivity contribution in [3.05, 3.63) is 11.4 Å². The predicted octanol–water partition coefficient (Wildman–Crippen LogP) is 0.0560. The van der Waals surface area contributed by atoms with Crippen molar-refractivity contribution in [3.63, 3.8) is 0 Å². The van der Waals surface area contributed by atoms with Crippen molar-refractivity contribution in [2.24, 2.45) is 0 Å². The number of aromatic amines is 1. The van der Waals surface area contributed by atoms with Gasteiger partial charge in [-0.1, -0.05) is 13.8 Å². The zero-order valence-corrected chi connectivity index (χ0v) is 13.6. The van der Waals surface area contributed by atoms with Crippen molar-refractivity contribution in [2.45, 2.75) is 38.3 Å². The number of rotatable bonds is 8. The van der Waals surface area contributed by atoms with Crippen LogP contribution in [0.4, 0.5) is 0 Å². The summed E-state index contributed by atoms with van der Waals surface area (Å²) in [5.41, 5.74) is 1.08. The molecular weight excluding hydrogens is 278 g/mol. The Hall–Kier alpha value is -0.960. The van der Waals surface area contributed by atoms with Crippen molar-refractivity contribution >= 4 is 10.0 Å². The molecule has 0 aliphatic rings. The molecule has 3 N–H and O–H groups in total. The first-order chi connectivity index (χ1) is 9.24. The number of H-pyrrole nitrogens is 1. The van der Waals surface area contributed by atoms with Gasteiger partial charge in [-0.2, -0.15) is 5.10 Å². The van der Waals surface area contributed by atoms with Crippen LogP contribution in [0.2, 0.25) is 0 Å². The summed E-state index contributed by atoms with van der Waals surface area (Å²) in [6.45, 7) is 7.16. The van der Waals surface area contributed by atoms with E-state index in [-0.39, 0.29) is 10.9 Å². The van der Waals surface area contributed by atoms with E-state index in [2.05, 4.69) is 20.2 Å². The van der Waals surface area contributed by atoms with E-state index in [1.165, 1.54) is 0 Å². The minimum absolute atomic E-state index is 0.254. The fraction of sp³-hybridized carbons (Fsp3) is 0.750. The lowest BCUT2D eigenvalue weighted by Gasteiger charge is -2.12. The molecule has 0 fully saturated rings. The standard InChI is InChI=1S/C12H25N5O2S/c1-9(2)13-8-11-12(10(3)15-16-11)20(18,19)14-6-7-17(4)5/h9,13-14H,6-8H2,1-5H3,(H,15,16). The smallest absolute Gasteiger partial charge is 0.244 e. The van der Waals surface area contributed by atoms with Gasteiger partial charge in [-0.3, -0.25) is 5.10 Å². The summed E-state index contributed by atoms with van der Waals surface area (Å²) in [5.74, 6) is 0. The molecule has 0 unspecified atom stereocenters. The van der Waals surface area contributed by atoms with E-state index in [1.807, 2.05) is 32.8 Å². The van der Waals surface area contributed by atoms with Gasteiger partial charge in [-0.25, -0.2) is 13.1 Å². The first-order valence-electron chi connectivity index (χ1n) is 6.65. The molecule has 1 aromatic rings. The molecule has 0 saturated heterocycles. The molecule has 0 aromatic carbocycles. The van der Waals surface area contributed by atoms with E-state index >= 15 is 0 Å². The highest BCUT2D eigenvalue weighted by Gasteiger charge is 2.23. The SMILES string of the molecule is Cc1[nH]nc(CNC(C)C)c1S(=O)(=O)NCCN(C)C. The van der Waals surface area contributed by atoms with Crippen molar-refractivity contribution in [1.82, 2.24) is 25.1 Å². The number of sulfonamides is 1. The number of aryl methyl sites for hydroxylation is 1. The molecule has 116 valence electrons. The third-order valence-corrected chi connectivity index (χ3v) is 4.42. The first kappa shape index (κ1) is 17.1. The topological polar surface area (TPSA) is 90.1 Å². The van der Waals surface area contributed by atoms with Gasteiger partial charge < -0.3 is 10.2 Å². The van der Waals surface area contributed by atoms with Gasteiger partial charge in [-0.05, 0) is 21.0 Å². The van der Waals surface area contributed by atoms with Crippen molar-refractivity contribution in [2.75, 3.05) is 27.2 Å². The fourth-order valence-corrected chi connectivity index (χ4v) is 3.10. The Morgan fingerprint density at radius 3 is 2.55 bits per heavy atom. The Labute approximate surface area is 121 Å². The van der Waals surface area contributed by atoms with Crippen LogP contribution in [0.5, 0.6) is 0 Å². The Balaban J connectivity index is 2.85. The summed E-state index contributed by atoms with van der Waals surface area (Å²) >= 11 is 0. The number of hydrogen-bond donors (Lipinski definition) is 3. The van der Waals surface area contributed by atoms with Gasteiger partial charge in [-0.15, -0.1) is 0 Å². The summed E-state index contributed by atoms with van der Waals surface area (Å²) < 4.78 is 27.3. The molecule has 8 heteroatoms. The number of nitrogens with one attached hydrogen (secondary N) is 3. The van der Waals surface area contributed by atoms with Gasteiger partial charge in [0.2, 0.25) is 10.0 Å². The van der Waals surface area contributed by atoms with Gasteiger partial charge in [0, 0.05) is 25.7 Å². The number of hydrogen-bond acceptors (Lipinski definition) is 5. The fourth-order valence-electron chi connectivity index (χ4n) is 1.72. The summed E-state index contributed by atoms with van der Waals surface area (Å²) in [6, 6.07) is 0.268. The highest BCUT2D eigenvalue weighted by atomic mass is 32.2. The van der Waals surface area contributed by atoms with Crippen LogP contribution < -0.4 is 10.0 Å². The summed E-state index contributed by atoms with van der Waals surface area (Å²) in [5, 5.41) is 10.0. The summed E-state index contributed by atoms with van der Waals surface area (Å²) in [4.78, 5) is 2.18. The molecule has 0 radical (unpaired) electrons. The van der Waals surface area contributed by atoms with Crippen molar-refractivity contribution in [1.29, 1.82) is 0 Å². The Morgan fingerprint density at radius 2 is 2.00 bits per heavy atom. The van der Waals surface area contributed by atoms with E-state index in [1.54, 1.807) is 6.92 Å². The zero-order chi connectivity index (χ0) is 15.3. The van der Waals surface area contributed by atoms with E-state index in [9.17, 15) is 8.42 Å². The lowest BCUT2D eigenvalue weighted by Crippen LogP contribution is -2.32. The second-order valence-corrected chi connectivity index (χ2v) is 7.06. The molecular formula is C12H25N5O2S. The third-order valence-electron chi connectivity index (χ3n) is 2.76. The molecule has 7 nitrogen and oxygen atoms in total. The number of likely N-dealkylation sites (N-methyl/N-ethyl adjacent to an activating group) is 1. The van der Waals surface area contributed by atoms with Gasteiger partial charge in [0.05, 0.1) is 11.4 Å². The average Bonchev–Trinajstić information content (AvgIpc) is 2.67. The first-order valence-corrected chi connectivity index (χ1v) is 8.14. The van der Waals surface area contributed by atoms with Crippen LogP contribution in [0.1, 0.15) is 25.2 Å². The van der Waals surface area contributed by atoms with Crippen LogP contribution in [0.15, 0.2) is 4.90 Å². The number of nitrogens with zero attached hydrogens (tertiary/aromatic N) is 2. The maximum Gasteiger partial charge on any atom is 0.244 e. The molecule has 1 rings (SSSR count). The summed E-state index contributed by atoms with van der Waals surface area (Å²) in [7, 11) is 0.264. The van der Waals surface area contributed by atoms with Gasteiger partial charge in [0.25, 0.3) is 0 Å². The van der Waals surface area contributed by atoms with E-state index < -0.39 is 10.0 Å². The molecule has 1 heterocycles. The molecule has 1 aromatic heterocycles. The van der Waals surface area contributed by atoms with Gasteiger partial charge in [0.15, 0.2) is 0 Å². The lowest BCUT2D eigenvalue weighted by atomic mass is 10.3. The minimum atomic E-state index is -3.53. The van der Waals surface area contributed by atoms with Crippen LogP contribution >= 0.6 is 0 Å². The highest BCUT2D eigenvalue weighted by molar-refractivity contribution is 7.89. The largest absolute Gasteiger partial charge is 0.309 e. The van der Waals surface area contributed by atoms with Crippen LogP contribution in [0.25, 0.3) is 0 Å². The quantitative estimate of drug-likeness (QED) is 0.632. The lowest BCUT2D eigenvalue weighted by molar-refractivity contribution is 0.412. The maximum atomic E-state index is 12.3. The van der Waals surface area contributed by atoms with Crippen molar-refractivity contribution in [3.8, 4) is 0 Å². The van der Waals surface area contributed by atoms with Crippen LogP contribution in [-0.2, 0) is 16.6 Å². The molecule has 0 atom stereocenters. The molecule has 0 saturated carbocycles. The molecule has 0 spiro atoms. The van der Waals surface area contributed by atoms with Crippen LogP contribution in [0, 0.1) is 6.92 Å². The monoisotopic (exact) mass is 303 g/mol.